The van der Waals surface area contributed by atoms with Crippen molar-refractivity contribution in [1.29, 1.82) is 0 Å². The van der Waals surface area contributed by atoms with E-state index in [-0.39, 0.29) is 29.9 Å². The first-order chi connectivity index (χ1) is 14.5. The summed E-state index contributed by atoms with van der Waals surface area (Å²) in [6, 6.07) is 5.52. The van der Waals surface area contributed by atoms with Crippen LogP contribution in [0.25, 0.3) is 10.2 Å². The third-order valence-corrected chi connectivity index (χ3v) is 6.55. The molecule has 0 N–H and O–H groups in total. The van der Waals surface area contributed by atoms with Crippen molar-refractivity contribution in [2.75, 3.05) is 38.3 Å². The zero-order valence-electron chi connectivity index (χ0n) is 17.1. The lowest BCUT2D eigenvalue weighted by atomic mass is 10.3. The topological polar surface area (TPSA) is 90.2 Å². The van der Waals surface area contributed by atoms with E-state index in [0.717, 1.165) is 36.1 Å². The van der Waals surface area contributed by atoms with Crippen molar-refractivity contribution in [3.05, 3.63) is 23.0 Å². The Hall–Kier alpha value is -2.33. The molecule has 0 bridgehead atoms. The van der Waals surface area contributed by atoms with Crippen LogP contribution in [0.5, 0.6) is 5.75 Å². The van der Waals surface area contributed by atoms with E-state index in [9.17, 15) is 14.4 Å². The Labute approximate surface area is 182 Å². The lowest BCUT2D eigenvalue weighted by Gasteiger charge is -2.14. The van der Waals surface area contributed by atoms with Crippen LogP contribution in [0.15, 0.2) is 23.2 Å². The first kappa shape index (κ1) is 22.4. The van der Waals surface area contributed by atoms with Gasteiger partial charge in [0.15, 0.2) is 4.80 Å². The Bertz CT molecular complexity index is 992. The molecule has 1 fully saturated rings. The number of thioether (sulfide) groups is 1. The highest BCUT2D eigenvalue weighted by molar-refractivity contribution is 8.00. The molecule has 0 spiro atoms. The predicted molar refractivity (Wildman–Crippen MR) is 117 cm³/mol. The van der Waals surface area contributed by atoms with Gasteiger partial charge in [0.05, 0.1) is 35.4 Å². The predicted octanol–water partition coefficient (Wildman–Crippen LogP) is 2.06. The number of carbonyl (C=O) groups is 3. The molecule has 3 rings (SSSR count). The molecule has 1 aliphatic heterocycles. The van der Waals surface area contributed by atoms with E-state index in [1.807, 2.05) is 30.0 Å². The van der Waals surface area contributed by atoms with Crippen molar-refractivity contribution in [1.82, 2.24) is 9.47 Å². The van der Waals surface area contributed by atoms with Crippen LogP contribution in [-0.2, 0) is 25.7 Å². The molecule has 1 aliphatic rings. The molecule has 0 unspecified atom stereocenters. The van der Waals surface area contributed by atoms with E-state index >= 15 is 0 Å². The summed E-state index contributed by atoms with van der Waals surface area (Å²) in [7, 11) is 1.32. The van der Waals surface area contributed by atoms with Gasteiger partial charge >= 0.3 is 5.97 Å². The van der Waals surface area contributed by atoms with Crippen LogP contribution in [0.3, 0.4) is 0 Å². The normalized spacial score (nSPS) is 14.3. The molecular formula is C20H25N3O5S2. The lowest BCUT2D eigenvalue weighted by Crippen LogP contribution is -2.29. The van der Waals surface area contributed by atoms with Crippen LogP contribution in [0.4, 0.5) is 0 Å². The fourth-order valence-electron chi connectivity index (χ4n) is 3.16. The highest BCUT2D eigenvalue weighted by Gasteiger charge is 2.18. The first-order valence-electron chi connectivity index (χ1n) is 9.78. The molecule has 0 radical (unpaired) electrons. The number of hydrogen-bond donors (Lipinski definition) is 0. The van der Waals surface area contributed by atoms with E-state index in [1.54, 1.807) is 4.57 Å². The molecule has 2 aromatic rings. The van der Waals surface area contributed by atoms with Crippen molar-refractivity contribution in [2.24, 2.45) is 4.99 Å². The summed E-state index contributed by atoms with van der Waals surface area (Å²) in [5, 5.41) is 0. The summed E-state index contributed by atoms with van der Waals surface area (Å²) < 4.78 is 12.8. The van der Waals surface area contributed by atoms with Gasteiger partial charge in [0.25, 0.3) is 5.91 Å². The van der Waals surface area contributed by atoms with Gasteiger partial charge < -0.3 is 18.9 Å². The number of hydrogen-bond acceptors (Lipinski definition) is 7. The number of amides is 2. The average Bonchev–Trinajstić information content (AvgIpc) is 3.37. The Balaban J connectivity index is 1.76. The van der Waals surface area contributed by atoms with E-state index < -0.39 is 5.97 Å². The Morgan fingerprint density at radius 1 is 1.20 bits per heavy atom. The molecule has 10 heteroatoms. The van der Waals surface area contributed by atoms with E-state index in [2.05, 4.69) is 4.99 Å². The van der Waals surface area contributed by atoms with Crippen molar-refractivity contribution in [3.63, 3.8) is 0 Å². The molecule has 30 heavy (non-hydrogen) atoms. The van der Waals surface area contributed by atoms with Crippen molar-refractivity contribution in [2.45, 2.75) is 26.3 Å². The highest BCUT2D eigenvalue weighted by atomic mass is 32.2. The number of aromatic nitrogens is 1. The van der Waals surface area contributed by atoms with Gasteiger partial charge in [-0.15, -0.1) is 11.8 Å². The van der Waals surface area contributed by atoms with Gasteiger partial charge in [-0.1, -0.05) is 11.3 Å². The summed E-state index contributed by atoms with van der Waals surface area (Å²) in [5.74, 6) is 0.387. The van der Waals surface area contributed by atoms with Crippen LogP contribution < -0.4 is 9.54 Å². The third kappa shape index (κ3) is 5.63. The maximum absolute atomic E-state index is 12.4. The SMILES string of the molecule is CCOc1ccc2c(c1)sc(=NC(=O)CSCC(=O)N1CCCC1)n2CC(=O)OC. The third-order valence-electron chi connectivity index (χ3n) is 4.61. The van der Waals surface area contributed by atoms with Gasteiger partial charge in [0.2, 0.25) is 5.91 Å². The number of benzene rings is 1. The minimum absolute atomic E-state index is 0.0445. The maximum Gasteiger partial charge on any atom is 0.325 e. The van der Waals surface area contributed by atoms with Crippen LogP contribution in [0.1, 0.15) is 19.8 Å². The molecule has 162 valence electrons. The number of thiazole rings is 1. The summed E-state index contributed by atoms with van der Waals surface area (Å²) in [5.41, 5.74) is 0.775. The van der Waals surface area contributed by atoms with Crippen molar-refractivity contribution in [3.8, 4) is 5.75 Å². The standard InChI is InChI=1S/C20H25N3O5S2/c1-3-28-14-6-7-15-16(10-14)30-20(23(15)11-19(26)27-2)21-17(24)12-29-13-18(25)22-8-4-5-9-22/h6-7,10H,3-5,8-9,11-13H2,1-2H3. The number of esters is 1. The molecule has 8 nitrogen and oxygen atoms in total. The fourth-order valence-corrected chi connectivity index (χ4v) is 4.94. The van der Waals surface area contributed by atoms with Crippen molar-refractivity contribution < 1.29 is 23.9 Å². The molecular weight excluding hydrogens is 426 g/mol. The van der Waals surface area contributed by atoms with Gasteiger partial charge in [-0.25, -0.2) is 0 Å². The highest BCUT2D eigenvalue weighted by Crippen LogP contribution is 2.23. The Morgan fingerprint density at radius 3 is 2.67 bits per heavy atom. The quantitative estimate of drug-likeness (QED) is 0.571. The Kier molecular flexibility index (Phi) is 7.92. The second-order valence-electron chi connectivity index (χ2n) is 6.70. The van der Waals surface area contributed by atoms with Crippen LogP contribution in [0, 0.1) is 0 Å². The number of fused-ring (bicyclic) bond motifs is 1. The van der Waals surface area contributed by atoms with Gasteiger partial charge in [-0.3, -0.25) is 14.4 Å². The van der Waals surface area contributed by atoms with Crippen LogP contribution in [-0.4, -0.2) is 65.6 Å². The number of methoxy groups -OCH3 is 1. The summed E-state index contributed by atoms with van der Waals surface area (Å²) in [6.45, 7) is 4.01. The summed E-state index contributed by atoms with van der Waals surface area (Å²) >= 11 is 2.57. The molecule has 1 saturated heterocycles. The van der Waals surface area contributed by atoms with Gasteiger partial charge in [-0.05, 0) is 38.0 Å². The number of rotatable bonds is 8. The largest absolute Gasteiger partial charge is 0.494 e. The minimum Gasteiger partial charge on any atom is -0.494 e. The number of ether oxygens (including phenoxy) is 2. The number of carbonyl (C=O) groups excluding carboxylic acids is 3. The Morgan fingerprint density at radius 2 is 1.97 bits per heavy atom. The van der Waals surface area contributed by atoms with E-state index in [4.69, 9.17) is 9.47 Å². The molecule has 0 aliphatic carbocycles. The first-order valence-corrected chi connectivity index (χ1v) is 11.7. The van der Waals surface area contributed by atoms with E-state index in [1.165, 1.54) is 30.2 Å². The molecule has 2 amide bonds. The smallest absolute Gasteiger partial charge is 0.325 e. The molecule has 2 heterocycles. The zero-order chi connectivity index (χ0) is 21.5. The summed E-state index contributed by atoms with van der Waals surface area (Å²) in [4.78, 5) is 42.8. The van der Waals surface area contributed by atoms with Gasteiger partial charge in [0.1, 0.15) is 12.3 Å². The van der Waals surface area contributed by atoms with Gasteiger partial charge in [-0.2, -0.15) is 4.99 Å². The van der Waals surface area contributed by atoms with E-state index in [0.29, 0.717) is 17.2 Å². The molecule has 0 saturated carbocycles. The van der Waals surface area contributed by atoms with Crippen LogP contribution in [0.2, 0.25) is 0 Å². The monoisotopic (exact) mass is 451 g/mol. The average molecular weight is 452 g/mol. The number of likely N-dealkylation sites (tertiary alicyclic amines) is 1. The zero-order valence-corrected chi connectivity index (χ0v) is 18.7. The van der Waals surface area contributed by atoms with Crippen molar-refractivity contribution >= 4 is 51.1 Å². The fraction of sp³-hybridized carbons (Fsp3) is 0.500. The van der Waals surface area contributed by atoms with Gasteiger partial charge in [0, 0.05) is 13.1 Å². The van der Waals surface area contributed by atoms with Crippen LogP contribution >= 0.6 is 23.1 Å². The molecule has 1 aromatic heterocycles. The lowest BCUT2D eigenvalue weighted by molar-refractivity contribution is -0.141. The molecule has 0 atom stereocenters. The molecule has 1 aromatic carbocycles. The second-order valence-corrected chi connectivity index (χ2v) is 8.69. The summed E-state index contributed by atoms with van der Waals surface area (Å²) in [6.07, 6.45) is 2.09. The maximum atomic E-state index is 12.4. The minimum atomic E-state index is -0.428. The second kappa shape index (κ2) is 10.6. The number of nitrogens with zero attached hydrogens (tertiary/aromatic N) is 3.